The first-order chi connectivity index (χ1) is 26.9. The maximum absolute atomic E-state index is 4.14. The van der Waals surface area contributed by atoms with E-state index in [-0.39, 0.29) is 5.41 Å². The first-order valence-corrected chi connectivity index (χ1v) is 20.6. The zero-order valence-electron chi connectivity index (χ0n) is 30.6. The molecule has 262 valence electrons. The van der Waals surface area contributed by atoms with Gasteiger partial charge in [-0.3, -0.25) is 0 Å². The van der Waals surface area contributed by atoms with Crippen molar-refractivity contribution in [3.8, 4) is 22.3 Å². The number of hydrogen-bond donors (Lipinski definition) is 0. The van der Waals surface area contributed by atoms with Crippen LogP contribution in [0.15, 0.2) is 186 Å². The zero-order valence-corrected chi connectivity index (χ0v) is 33.0. The molecule has 0 bridgehead atoms. The van der Waals surface area contributed by atoms with Crippen LogP contribution in [-0.4, -0.2) is 0 Å². The molecular formula is C52H36BrNS. The molecule has 1 nitrogen and oxygen atoms in total. The second-order valence-electron chi connectivity index (χ2n) is 15.4. The summed E-state index contributed by atoms with van der Waals surface area (Å²) in [5.41, 5.74) is 15.8. The Morgan fingerprint density at radius 3 is 1.75 bits per heavy atom. The minimum absolute atomic E-state index is 0.118. The quantitative estimate of drug-likeness (QED) is 0.168. The van der Waals surface area contributed by atoms with Gasteiger partial charge in [0.05, 0.1) is 5.41 Å². The summed E-state index contributed by atoms with van der Waals surface area (Å²) in [4.78, 5) is 2.48. The Bertz CT molecular complexity index is 2940. The Balaban J connectivity index is 1.21. The Labute approximate surface area is 334 Å². The summed E-state index contributed by atoms with van der Waals surface area (Å²) in [5.74, 6) is 0. The van der Waals surface area contributed by atoms with Gasteiger partial charge in [0, 0.05) is 47.1 Å². The van der Waals surface area contributed by atoms with E-state index in [2.05, 4.69) is 217 Å². The number of halogens is 1. The van der Waals surface area contributed by atoms with Crippen LogP contribution in [0.5, 0.6) is 0 Å². The van der Waals surface area contributed by atoms with E-state index in [1.807, 2.05) is 11.3 Å². The van der Waals surface area contributed by atoms with Crippen LogP contribution in [0.25, 0.3) is 42.4 Å². The highest BCUT2D eigenvalue weighted by atomic mass is 79.9. The highest BCUT2D eigenvalue weighted by Crippen LogP contribution is 2.58. The smallest absolute Gasteiger partial charge is 0.0714 e. The molecule has 0 fully saturated rings. The lowest BCUT2D eigenvalue weighted by Gasteiger charge is -2.35. The number of fused-ring (bicyclic) bond motifs is 9. The normalized spacial score (nSPS) is 14.4. The van der Waals surface area contributed by atoms with Crippen LogP contribution in [0.1, 0.15) is 47.2 Å². The molecule has 0 N–H and O–H groups in total. The molecule has 55 heavy (non-hydrogen) atoms. The summed E-state index contributed by atoms with van der Waals surface area (Å²) in [6.07, 6.45) is 0. The van der Waals surface area contributed by atoms with Crippen LogP contribution in [0.2, 0.25) is 0 Å². The molecule has 0 radical (unpaired) electrons. The fraction of sp³-hybridized carbons (Fsp3) is 0.0769. The van der Waals surface area contributed by atoms with Crippen molar-refractivity contribution in [1.29, 1.82) is 0 Å². The van der Waals surface area contributed by atoms with Gasteiger partial charge in [-0.25, -0.2) is 0 Å². The van der Waals surface area contributed by atoms with Crippen molar-refractivity contribution in [2.24, 2.45) is 0 Å². The minimum atomic E-state index is -0.495. The predicted molar refractivity (Wildman–Crippen MR) is 237 cm³/mol. The molecule has 11 rings (SSSR count). The third-order valence-electron chi connectivity index (χ3n) is 12.2. The van der Waals surface area contributed by atoms with Crippen LogP contribution in [0.4, 0.5) is 17.1 Å². The summed E-state index contributed by atoms with van der Waals surface area (Å²) in [6.45, 7) is 4.70. The van der Waals surface area contributed by atoms with Crippen molar-refractivity contribution in [1.82, 2.24) is 0 Å². The van der Waals surface area contributed by atoms with Crippen LogP contribution in [0.3, 0.4) is 0 Å². The van der Waals surface area contributed by atoms with Crippen LogP contribution in [-0.2, 0) is 10.8 Å². The van der Waals surface area contributed by atoms with Crippen molar-refractivity contribution in [3.05, 3.63) is 220 Å². The van der Waals surface area contributed by atoms with E-state index < -0.39 is 5.41 Å². The van der Waals surface area contributed by atoms with Gasteiger partial charge < -0.3 is 4.90 Å². The molecule has 2 aliphatic rings. The van der Waals surface area contributed by atoms with E-state index in [0.29, 0.717) is 0 Å². The second-order valence-corrected chi connectivity index (χ2v) is 17.3. The highest BCUT2D eigenvalue weighted by molar-refractivity contribution is 9.10. The maximum Gasteiger partial charge on any atom is 0.0714 e. The fourth-order valence-corrected chi connectivity index (χ4v) is 11.9. The van der Waals surface area contributed by atoms with Crippen LogP contribution < -0.4 is 4.90 Å². The molecule has 0 aliphatic heterocycles. The summed E-state index contributed by atoms with van der Waals surface area (Å²) >= 11 is 6.00. The van der Waals surface area contributed by atoms with Gasteiger partial charge in [0.1, 0.15) is 0 Å². The monoisotopic (exact) mass is 785 g/mol. The summed E-state index contributed by atoms with van der Waals surface area (Å²) in [6, 6.07) is 67.8. The van der Waals surface area contributed by atoms with E-state index >= 15 is 0 Å². The number of anilines is 3. The molecule has 0 atom stereocenters. The Kier molecular flexibility index (Phi) is 7.21. The molecule has 0 spiro atoms. The SMILES string of the molecule is CC1(C)c2ccccc2-c2cc(N(c3ccc4c(c3)C(c3ccccc3)(c3ccccc3)c3ccccc3-4)c3ccc4sc5ccccc5c4c3)cc(Br)c21. The molecule has 8 aromatic carbocycles. The summed E-state index contributed by atoms with van der Waals surface area (Å²) in [7, 11) is 0. The van der Waals surface area contributed by atoms with E-state index in [4.69, 9.17) is 0 Å². The van der Waals surface area contributed by atoms with Gasteiger partial charge in [-0.1, -0.05) is 163 Å². The van der Waals surface area contributed by atoms with Gasteiger partial charge in [0.25, 0.3) is 0 Å². The summed E-state index contributed by atoms with van der Waals surface area (Å²) in [5, 5.41) is 2.58. The standard InChI is InChI=1S/C52H36BrNS/c1-51(2)44-22-12-9-20-39(44)43-30-37(32-47(53)50(43)51)54(35-26-28-49-42(29-35)41-21-11-14-24-48(41)55-49)36-25-27-40-38-19-10-13-23-45(38)52(46(40)31-36,33-15-5-3-6-16-33)34-17-7-4-8-18-34/h3-32H,1-2H3. The Hall–Kier alpha value is -5.74. The molecule has 0 amide bonds. The molecular weight excluding hydrogens is 751 g/mol. The van der Waals surface area contributed by atoms with Gasteiger partial charge in [0.2, 0.25) is 0 Å². The minimum Gasteiger partial charge on any atom is -0.310 e. The number of thiophene rings is 1. The highest BCUT2D eigenvalue weighted by Gasteiger charge is 2.46. The van der Waals surface area contributed by atoms with Crippen molar-refractivity contribution in [2.45, 2.75) is 24.7 Å². The van der Waals surface area contributed by atoms with Gasteiger partial charge >= 0.3 is 0 Å². The van der Waals surface area contributed by atoms with E-state index in [1.165, 1.54) is 75.8 Å². The lowest BCUT2D eigenvalue weighted by Crippen LogP contribution is -2.28. The first-order valence-electron chi connectivity index (χ1n) is 19.0. The molecule has 9 aromatic rings. The topological polar surface area (TPSA) is 3.24 Å². The Morgan fingerprint density at radius 1 is 0.436 bits per heavy atom. The number of benzene rings is 8. The zero-order chi connectivity index (χ0) is 36.9. The van der Waals surface area contributed by atoms with Crippen molar-refractivity contribution >= 4 is 64.5 Å². The molecule has 0 saturated heterocycles. The average molecular weight is 787 g/mol. The van der Waals surface area contributed by atoms with E-state index in [0.717, 1.165) is 21.5 Å². The first kappa shape index (κ1) is 32.7. The number of hydrogen-bond acceptors (Lipinski definition) is 2. The average Bonchev–Trinajstić information content (AvgIpc) is 3.82. The number of rotatable bonds is 5. The van der Waals surface area contributed by atoms with Crippen molar-refractivity contribution < 1.29 is 0 Å². The van der Waals surface area contributed by atoms with Crippen LogP contribution in [0, 0.1) is 0 Å². The molecule has 2 aliphatic carbocycles. The van der Waals surface area contributed by atoms with Gasteiger partial charge in [-0.2, -0.15) is 0 Å². The third-order valence-corrected chi connectivity index (χ3v) is 13.9. The second kappa shape index (κ2) is 12.1. The molecule has 3 heteroatoms. The van der Waals surface area contributed by atoms with Gasteiger partial charge in [-0.05, 0) is 104 Å². The molecule has 0 saturated carbocycles. The van der Waals surface area contributed by atoms with E-state index in [9.17, 15) is 0 Å². The van der Waals surface area contributed by atoms with Crippen molar-refractivity contribution in [2.75, 3.05) is 4.90 Å². The molecule has 1 aromatic heterocycles. The molecule has 0 unspecified atom stereocenters. The lowest BCUT2D eigenvalue weighted by atomic mass is 9.67. The summed E-state index contributed by atoms with van der Waals surface area (Å²) < 4.78 is 3.74. The molecule has 1 heterocycles. The number of nitrogens with zero attached hydrogens (tertiary/aromatic N) is 1. The predicted octanol–water partition coefficient (Wildman–Crippen LogP) is 15.0. The maximum atomic E-state index is 4.14. The largest absolute Gasteiger partial charge is 0.310 e. The van der Waals surface area contributed by atoms with Gasteiger partial charge in [-0.15, -0.1) is 11.3 Å². The van der Waals surface area contributed by atoms with Crippen molar-refractivity contribution in [3.63, 3.8) is 0 Å². The van der Waals surface area contributed by atoms with E-state index in [1.54, 1.807) is 0 Å². The Morgan fingerprint density at radius 2 is 1.00 bits per heavy atom. The van der Waals surface area contributed by atoms with Crippen LogP contribution >= 0.6 is 27.3 Å². The van der Waals surface area contributed by atoms with Gasteiger partial charge in [0.15, 0.2) is 0 Å². The third kappa shape index (κ3) is 4.64. The lowest BCUT2D eigenvalue weighted by molar-refractivity contribution is 0.657. The fourth-order valence-electron chi connectivity index (χ4n) is 9.84.